The average Bonchev–Trinajstić information content (AvgIpc) is 2.90. The number of hydrogen-bond donors (Lipinski definition) is 2. The highest BCUT2D eigenvalue weighted by Crippen LogP contribution is 2.16. The van der Waals surface area contributed by atoms with Crippen molar-refractivity contribution in [3.8, 4) is 11.5 Å². The Morgan fingerprint density at radius 1 is 0.625 bits per heavy atom. The lowest BCUT2D eigenvalue weighted by Gasteiger charge is -2.10. The highest BCUT2D eigenvalue weighted by atomic mass is 16.5. The van der Waals surface area contributed by atoms with Crippen LogP contribution in [0.5, 0.6) is 11.5 Å². The van der Waals surface area contributed by atoms with Crippen LogP contribution in [0.3, 0.4) is 0 Å². The molecule has 8 heteroatoms. The molecular weight excluding hydrogens is 412 g/mol. The number of ether oxygens (including phenoxy) is 4. The molecule has 2 aromatic rings. The van der Waals surface area contributed by atoms with Gasteiger partial charge in [0.2, 0.25) is 11.6 Å². The molecule has 0 radical (unpaired) electrons. The molecule has 0 unspecified atom stereocenters. The van der Waals surface area contributed by atoms with Crippen LogP contribution in [0.25, 0.3) is 0 Å². The molecular formula is C24H32N2O6. The monoisotopic (exact) mass is 444 g/mol. The zero-order valence-corrected chi connectivity index (χ0v) is 18.7. The Labute approximate surface area is 189 Å². The Bertz CT molecular complexity index is 708. The van der Waals surface area contributed by atoms with Gasteiger partial charge in [-0.25, -0.2) is 0 Å². The van der Waals surface area contributed by atoms with Crippen molar-refractivity contribution in [3.05, 3.63) is 59.7 Å². The molecule has 4 rings (SSSR count). The third kappa shape index (κ3) is 9.15. The first kappa shape index (κ1) is 25.5. The van der Waals surface area contributed by atoms with Crippen LogP contribution in [0.15, 0.2) is 48.5 Å². The molecule has 2 N–H and O–H groups in total. The van der Waals surface area contributed by atoms with Crippen molar-refractivity contribution in [2.45, 2.75) is 0 Å². The molecule has 174 valence electrons. The summed E-state index contributed by atoms with van der Waals surface area (Å²) in [4.78, 5) is 24.2. The van der Waals surface area contributed by atoms with Crippen LogP contribution < -0.4 is 20.1 Å². The number of rotatable bonds is 5. The summed E-state index contributed by atoms with van der Waals surface area (Å²) in [5, 5.41) is 6.32. The molecule has 0 spiro atoms. The van der Waals surface area contributed by atoms with Gasteiger partial charge in [0.05, 0.1) is 40.6 Å². The van der Waals surface area contributed by atoms with Crippen molar-refractivity contribution in [2.24, 2.45) is 0 Å². The van der Waals surface area contributed by atoms with Crippen molar-refractivity contribution in [3.63, 3.8) is 0 Å². The van der Waals surface area contributed by atoms with Crippen molar-refractivity contribution in [1.82, 2.24) is 10.6 Å². The molecule has 32 heavy (non-hydrogen) atoms. The van der Waals surface area contributed by atoms with E-state index in [1.807, 2.05) is 0 Å². The first-order valence-corrected chi connectivity index (χ1v) is 10.6. The Balaban J connectivity index is 0.000000243. The van der Waals surface area contributed by atoms with Crippen LogP contribution in [-0.2, 0) is 9.47 Å². The van der Waals surface area contributed by atoms with Gasteiger partial charge in [0.15, 0.2) is 0 Å². The number of methoxy groups -OCH3 is 2. The molecule has 0 aromatic heterocycles. The van der Waals surface area contributed by atoms with Crippen LogP contribution in [0.4, 0.5) is 0 Å². The van der Waals surface area contributed by atoms with E-state index in [1.165, 1.54) is 0 Å². The van der Waals surface area contributed by atoms with Gasteiger partial charge in [0, 0.05) is 37.3 Å². The molecule has 0 atom stereocenters. The molecule has 0 saturated carbocycles. The van der Waals surface area contributed by atoms with E-state index in [0.29, 0.717) is 22.6 Å². The number of Topliss-reactive ketones (excluding diaryl/α,β-unsaturated/α-hetero) is 2. The van der Waals surface area contributed by atoms with E-state index in [1.54, 1.807) is 62.8 Å². The van der Waals surface area contributed by atoms with Gasteiger partial charge in [0.1, 0.15) is 11.5 Å². The standard InChI is InChI=1S/C16H14O4.2C4H9NO/c1-19-13-7-3-11(4-8-13)15(17)16(18)12-5-9-14(20-2)10-6-12;2*1-3-6-4-2-5-1/h3-10H,1-2H3;2*5H,1-4H2. The summed E-state index contributed by atoms with van der Waals surface area (Å²) >= 11 is 0. The maximum Gasteiger partial charge on any atom is 0.233 e. The quantitative estimate of drug-likeness (QED) is 0.534. The molecule has 2 fully saturated rings. The summed E-state index contributed by atoms with van der Waals surface area (Å²) in [6.07, 6.45) is 0. The molecule has 0 amide bonds. The number of hydrogen-bond acceptors (Lipinski definition) is 8. The van der Waals surface area contributed by atoms with Gasteiger partial charge < -0.3 is 29.6 Å². The first-order chi connectivity index (χ1) is 15.7. The van der Waals surface area contributed by atoms with Crippen molar-refractivity contribution < 1.29 is 28.5 Å². The molecule has 2 aliphatic rings. The van der Waals surface area contributed by atoms with Gasteiger partial charge in [-0.3, -0.25) is 9.59 Å². The number of morpholine rings is 2. The molecule has 2 saturated heterocycles. The van der Waals surface area contributed by atoms with E-state index in [0.717, 1.165) is 52.6 Å². The van der Waals surface area contributed by atoms with Crippen LogP contribution >= 0.6 is 0 Å². The Morgan fingerprint density at radius 2 is 0.938 bits per heavy atom. The van der Waals surface area contributed by atoms with Crippen molar-refractivity contribution in [1.29, 1.82) is 0 Å². The van der Waals surface area contributed by atoms with Gasteiger partial charge in [-0.05, 0) is 48.5 Å². The van der Waals surface area contributed by atoms with Crippen LogP contribution in [0, 0.1) is 0 Å². The normalized spacial score (nSPS) is 15.2. The molecule has 2 heterocycles. The molecule has 2 aromatic carbocycles. The highest BCUT2D eigenvalue weighted by Gasteiger charge is 2.18. The lowest BCUT2D eigenvalue weighted by molar-refractivity contribution is 0.0817. The minimum atomic E-state index is -0.544. The summed E-state index contributed by atoms with van der Waals surface area (Å²) in [6.45, 7) is 7.67. The summed E-state index contributed by atoms with van der Waals surface area (Å²) < 4.78 is 20.0. The SMILES string of the molecule is C1COCCN1.C1COCCN1.COc1ccc(C(=O)C(=O)c2ccc(OC)cc2)cc1. The van der Waals surface area contributed by atoms with E-state index >= 15 is 0 Å². The molecule has 0 bridgehead atoms. The molecule has 0 aliphatic carbocycles. The van der Waals surface area contributed by atoms with Gasteiger partial charge in [-0.2, -0.15) is 0 Å². The van der Waals surface area contributed by atoms with Crippen molar-refractivity contribution in [2.75, 3.05) is 66.8 Å². The summed E-state index contributed by atoms with van der Waals surface area (Å²) in [5.74, 6) is 0.188. The van der Waals surface area contributed by atoms with E-state index < -0.39 is 11.6 Å². The Hall–Kier alpha value is -2.78. The van der Waals surface area contributed by atoms with E-state index in [-0.39, 0.29) is 0 Å². The second kappa shape index (κ2) is 15.1. The maximum absolute atomic E-state index is 12.1. The number of nitrogens with one attached hydrogen (secondary N) is 2. The topological polar surface area (TPSA) is 95.1 Å². The fraction of sp³-hybridized carbons (Fsp3) is 0.417. The predicted octanol–water partition coefficient (Wildman–Crippen LogP) is 1.98. The largest absolute Gasteiger partial charge is 0.497 e. The average molecular weight is 445 g/mol. The zero-order valence-electron chi connectivity index (χ0n) is 18.7. The predicted molar refractivity (Wildman–Crippen MR) is 122 cm³/mol. The second-order valence-electron chi connectivity index (χ2n) is 6.84. The van der Waals surface area contributed by atoms with E-state index in [2.05, 4.69) is 10.6 Å². The first-order valence-electron chi connectivity index (χ1n) is 10.6. The van der Waals surface area contributed by atoms with Crippen LogP contribution in [0.2, 0.25) is 0 Å². The lowest BCUT2D eigenvalue weighted by Crippen LogP contribution is -2.30. The third-order valence-corrected chi connectivity index (χ3v) is 4.60. The van der Waals surface area contributed by atoms with Gasteiger partial charge in [-0.1, -0.05) is 0 Å². The summed E-state index contributed by atoms with van der Waals surface area (Å²) in [5.41, 5.74) is 0.679. The Morgan fingerprint density at radius 3 is 1.12 bits per heavy atom. The number of ketones is 2. The minimum Gasteiger partial charge on any atom is -0.497 e. The van der Waals surface area contributed by atoms with Crippen LogP contribution in [-0.4, -0.2) is 78.4 Å². The van der Waals surface area contributed by atoms with Gasteiger partial charge >= 0.3 is 0 Å². The summed E-state index contributed by atoms with van der Waals surface area (Å²) in [7, 11) is 3.08. The molecule has 8 nitrogen and oxygen atoms in total. The number of carbonyl (C=O) groups excluding carboxylic acids is 2. The maximum atomic E-state index is 12.1. The van der Waals surface area contributed by atoms with Crippen molar-refractivity contribution >= 4 is 11.6 Å². The second-order valence-corrected chi connectivity index (χ2v) is 6.84. The van der Waals surface area contributed by atoms with E-state index in [4.69, 9.17) is 18.9 Å². The fourth-order valence-electron chi connectivity index (χ4n) is 2.78. The number of carbonyl (C=O) groups is 2. The summed E-state index contributed by atoms with van der Waals surface area (Å²) in [6, 6.07) is 12.9. The van der Waals surface area contributed by atoms with Crippen LogP contribution in [0.1, 0.15) is 20.7 Å². The zero-order chi connectivity index (χ0) is 23.0. The van der Waals surface area contributed by atoms with Gasteiger partial charge in [0.25, 0.3) is 0 Å². The third-order valence-electron chi connectivity index (χ3n) is 4.60. The fourth-order valence-corrected chi connectivity index (χ4v) is 2.78. The van der Waals surface area contributed by atoms with E-state index in [9.17, 15) is 9.59 Å². The highest BCUT2D eigenvalue weighted by molar-refractivity contribution is 6.49. The Kier molecular flexibility index (Phi) is 12.0. The minimum absolute atomic E-state index is 0.339. The number of benzene rings is 2. The van der Waals surface area contributed by atoms with Gasteiger partial charge in [-0.15, -0.1) is 0 Å². The molecule has 2 aliphatic heterocycles. The lowest BCUT2D eigenvalue weighted by atomic mass is 10.0. The smallest absolute Gasteiger partial charge is 0.233 e.